The first-order valence-electron chi connectivity index (χ1n) is 7.09. The van der Waals surface area contributed by atoms with Crippen molar-refractivity contribution in [3.63, 3.8) is 0 Å². The van der Waals surface area contributed by atoms with Gasteiger partial charge < -0.3 is 4.74 Å². The number of carbonyl (C=O) groups is 1. The van der Waals surface area contributed by atoms with E-state index < -0.39 is 12.0 Å². The predicted molar refractivity (Wildman–Crippen MR) is 98.4 cm³/mol. The van der Waals surface area contributed by atoms with Crippen LogP contribution in [-0.4, -0.2) is 17.7 Å². The van der Waals surface area contributed by atoms with Gasteiger partial charge in [0.1, 0.15) is 5.75 Å². The number of halogens is 3. The molecule has 1 unspecified atom stereocenters. The van der Waals surface area contributed by atoms with E-state index in [2.05, 4.69) is 10.5 Å². The summed E-state index contributed by atoms with van der Waals surface area (Å²) in [5.74, 6) is -0.0389. The summed E-state index contributed by atoms with van der Waals surface area (Å²) in [5.41, 5.74) is 3.79. The molecule has 0 spiro atoms. The van der Waals surface area contributed by atoms with Crippen LogP contribution in [0.25, 0.3) is 0 Å². The summed E-state index contributed by atoms with van der Waals surface area (Å²) in [7, 11) is 0. The summed E-state index contributed by atoms with van der Waals surface area (Å²) in [6.07, 6.45) is -0.786. The fourth-order valence-electron chi connectivity index (χ4n) is 1.86. The van der Waals surface area contributed by atoms with E-state index in [0.29, 0.717) is 26.5 Å². The Balaban J connectivity index is 2.01. The van der Waals surface area contributed by atoms with E-state index in [9.17, 15) is 4.79 Å². The molecule has 24 heavy (non-hydrogen) atoms. The lowest BCUT2D eigenvalue weighted by molar-refractivity contribution is -0.127. The van der Waals surface area contributed by atoms with Gasteiger partial charge in [-0.05, 0) is 38.1 Å². The van der Waals surface area contributed by atoms with Gasteiger partial charge in [-0.15, -0.1) is 0 Å². The number of nitrogens with one attached hydrogen (secondary N) is 1. The Morgan fingerprint density at radius 1 is 1.12 bits per heavy atom. The zero-order chi connectivity index (χ0) is 17.7. The molecule has 7 heteroatoms. The van der Waals surface area contributed by atoms with Crippen LogP contribution in [-0.2, 0) is 4.79 Å². The standard InChI is InChI=1S/C17H15Cl3N2O2/c1-10(13-5-3-4-6-14(13)19)21-22-17(23)11(2)24-16-8-7-12(18)9-15(16)20/h3-9,11H,1-2H3,(H,22,23). The summed E-state index contributed by atoms with van der Waals surface area (Å²) in [4.78, 5) is 12.1. The quantitative estimate of drug-likeness (QED) is 0.584. The van der Waals surface area contributed by atoms with Gasteiger partial charge in [-0.1, -0.05) is 53.0 Å². The van der Waals surface area contributed by atoms with Crippen molar-refractivity contribution < 1.29 is 9.53 Å². The molecule has 2 aromatic carbocycles. The lowest BCUT2D eigenvalue weighted by Crippen LogP contribution is -2.34. The maximum Gasteiger partial charge on any atom is 0.280 e. The van der Waals surface area contributed by atoms with Crippen LogP contribution in [0.3, 0.4) is 0 Å². The molecule has 0 saturated heterocycles. The highest BCUT2D eigenvalue weighted by molar-refractivity contribution is 6.35. The smallest absolute Gasteiger partial charge is 0.280 e. The molecular weight excluding hydrogens is 371 g/mol. The Morgan fingerprint density at radius 3 is 2.50 bits per heavy atom. The number of hydrogen-bond acceptors (Lipinski definition) is 3. The third-order valence-electron chi connectivity index (χ3n) is 3.16. The number of rotatable bonds is 5. The molecule has 0 aliphatic rings. The summed E-state index contributed by atoms with van der Waals surface area (Å²) in [5, 5.41) is 5.43. The number of nitrogens with zero attached hydrogens (tertiary/aromatic N) is 1. The third kappa shape index (κ3) is 4.87. The van der Waals surface area contributed by atoms with Crippen LogP contribution in [0.15, 0.2) is 47.6 Å². The Kier molecular flexibility index (Phi) is 6.49. The third-order valence-corrected chi connectivity index (χ3v) is 4.02. The normalized spacial score (nSPS) is 12.6. The van der Waals surface area contributed by atoms with Gasteiger partial charge >= 0.3 is 0 Å². The molecule has 0 heterocycles. The van der Waals surface area contributed by atoms with Gasteiger partial charge in [0.15, 0.2) is 6.10 Å². The molecule has 4 nitrogen and oxygen atoms in total. The highest BCUT2D eigenvalue weighted by Crippen LogP contribution is 2.28. The second-order valence-corrected chi connectivity index (χ2v) is 6.24. The molecule has 1 atom stereocenters. The van der Waals surface area contributed by atoms with Gasteiger partial charge in [-0.2, -0.15) is 5.10 Å². The minimum absolute atomic E-state index is 0.331. The van der Waals surface area contributed by atoms with Gasteiger partial charge in [0.2, 0.25) is 0 Å². The number of benzene rings is 2. The summed E-state index contributed by atoms with van der Waals surface area (Å²) >= 11 is 17.9. The van der Waals surface area contributed by atoms with E-state index >= 15 is 0 Å². The average Bonchev–Trinajstić information content (AvgIpc) is 2.55. The molecule has 1 amide bonds. The van der Waals surface area contributed by atoms with Crippen LogP contribution in [0.4, 0.5) is 0 Å². The van der Waals surface area contributed by atoms with Gasteiger partial charge in [0.05, 0.1) is 10.7 Å². The average molecular weight is 386 g/mol. The number of hydrazone groups is 1. The molecule has 126 valence electrons. The minimum Gasteiger partial charge on any atom is -0.479 e. The molecule has 0 aliphatic carbocycles. The summed E-state index contributed by atoms with van der Waals surface area (Å²) in [6.45, 7) is 3.35. The van der Waals surface area contributed by atoms with E-state index in [1.165, 1.54) is 0 Å². The maximum atomic E-state index is 12.1. The maximum absolute atomic E-state index is 12.1. The van der Waals surface area contributed by atoms with E-state index in [1.54, 1.807) is 38.1 Å². The topological polar surface area (TPSA) is 50.7 Å². The van der Waals surface area contributed by atoms with E-state index in [1.807, 2.05) is 18.2 Å². The highest BCUT2D eigenvalue weighted by atomic mass is 35.5. The number of carbonyl (C=O) groups excluding carboxylic acids is 1. The highest BCUT2D eigenvalue weighted by Gasteiger charge is 2.16. The van der Waals surface area contributed by atoms with Crippen molar-refractivity contribution >= 4 is 46.4 Å². The molecule has 0 aromatic heterocycles. The SMILES string of the molecule is CC(=NNC(=O)C(C)Oc1ccc(Cl)cc1Cl)c1ccccc1Cl. The van der Waals surface area contributed by atoms with Crippen LogP contribution in [0, 0.1) is 0 Å². The van der Waals surface area contributed by atoms with Gasteiger partial charge in [-0.3, -0.25) is 4.79 Å². The van der Waals surface area contributed by atoms with Crippen LogP contribution in [0.1, 0.15) is 19.4 Å². The molecule has 2 rings (SSSR count). The fraction of sp³-hybridized carbons (Fsp3) is 0.176. The van der Waals surface area contributed by atoms with Crippen LogP contribution < -0.4 is 10.2 Å². The van der Waals surface area contributed by atoms with Crippen molar-refractivity contribution in [2.75, 3.05) is 0 Å². The van der Waals surface area contributed by atoms with Crippen molar-refractivity contribution in [3.05, 3.63) is 63.1 Å². The van der Waals surface area contributed by atoms with Crippen molar-refractivity contribution in [1.29, 1.82) is 0 Å². The number of amides is 1. The lowest BCUT2D eigenvalue weighted by atomic mass is 10.1. The van der Waals surface area contributed by atoms with Crippen LogP contribution in [0.5, 0.6) is 5.75 Å². The lowest BCUT2D eigenvalue weighted by Gasteiger charge is -2.14. The Hall–Kier alpha value is -1.75. The minimum atomic E-state index is -0.786. The molecule has 0 aliphatic heterocycles. The predicted octanol–water partition coefficient (Wildman–Crippen LogP) is 4.95. The first kappa shape index (κ1) is 18.6. The van der Waals surface area contributed by atoms with Crippen molar-refractivity contribution in [3.8, 4) is 5.75 Å². The zero-order valence-corrected chi connectivity index (χ0v) is 15.3. The first-order chi connectivity index (χ1) is 11.4. The number of hydrogen-bond donors (Lipinski definition) is 1. The van der Waals surface area contributed by atoms with Crippen molar-refractivity contribution in [2.45, 2.75) is 20.0 Å². The molecule has 0 radical (unpaired) electrons. The summed E-state index contributed by atoms with van der Waals surface area (Å²) in [6, 6.07) is 12.0. The first-order valence-corrected chi connectivity index (χ1v) is 8.22. The Bertz CT molecular complexity index is 778. The van der Waals surface area contributed by atoms with Crippen LogP contribution in [0.2, 0.25) is 15.1 Å². The molecule has 0 bridgehead atoms. The van der Waals surface area contributed by atoms with E-state index in [-0.39, 0.29) is 0 Å². The summed E-state index contributed by atoms with van der Waals surface area (Å²) < 4.78 is 5.53. The van der Waals surface area contributed by atoms with Crippen molar-refractivity contribution in [2.24, 2.45) is 5.10 Å². The largest absolute Gasteiger partial charge is 0.479 e. The second-order valence-electron chi connectivity index (χ2n) is 4.99. The number of ether oxygens (including phenoxy) is 1. The van der Waals surface area contributed by atoms with Gasteiger partial charge in [0.25, 0.3) is 5.91 Å². The van der Waals surface area contributed by atoms with Crippen LogP contribution >= 0.6 is 34.8 Å². The monoisotopic (exact) mass is 384 g/mol. The van der Waals surface area contributed by atoms with E-state index in [4.69, 9.17) is 39.5 Å². The molecular formula is C17H15Cl3N2O2. The Morgan fingerprint density at radius 2 is 1.83 bits per heavy atom. The fourth-order valence-corrected chi connectivity index (χ4v) is 2.58. The van der Waals surface area contributed by atoms with Gasteiger partial charge in [-0.25, -0.2) is 5.43 Å². The molecule has 0 saturated carbocycles. The Labute approximate surface area is 155 Å². The molecule has 2 aromatic rings. The zero-order valence-electron chi connectivity index (χ0n) is 13.0. The van der Waals surface area contributed by atoms with Crippen molar-refractivity contribution in [1.82, 2.24) is 5.43 Å². The molecule has 1 N–H and O–H groups in total. The second kappa shape index (κ2) is 8.38. The molecule has 0 fully saturated rings. The van der Waals surface area contributed by atoms with Gasteiger partial charge in [0, 0.05) is 15.6 Å². The van der Waals surface area contributed by atoms with E-state index in [0.717, 1.165) is 5.56 Å².